The summed E-state index contributed by atoms with van der Waals surface area (Å²) in [5.74, 6) is -1.88. The number of hydrogen-bond acceptors (Lipinski definition) is 4. The topological polar surface area (TPSA) is 99.4 Å². The summed E-state index contributed by atoms with van der Waals surface area (Å²) >= 11 is 0. The Balaban J connectivity index is 2.18. The van der Waals surface area contributed by atoms with Gasteiger partial charge in [-0.05, 0) is 35.9 Å². The number of carboxylic acid groups (broad SMARTS) is 1. The molecule has 28 heavy (non-hydrogen) atoms. The number of alkyl halides is 3. The summed E-state index contributed by atoms with van der Waals surface area (Å²) in [7, 11) is 0. The van der Waals surface area contributed by atoms with Gasteiger partial charge >= 0.3 is 12.1 Å². The molecule has 2 N–H and O–H groups in total. The van der Waals surface area contributed by atoms with Gasteiger partial charge in [0.25, 0.3) is 5.91 Å². The van der Waals surface area contributed by atoms with Gasteiger partial charge in [-0.15, -0.1) is 0 Å². The zero-order chi connectivity index (χ0) is 20.7. The van der Waals surface area contributed by atoms with E-state index in [1.54, 1.807) is 6.07 Å². The van der Waals surface area contributed by atoms with Crippen LogP contribution in [0, 0.1) is 11.3 Å². The molecule has 6 nitrogen and oxygen atoms in total. The van der Waals surface area contributed by atoms with Gasteiger partial charge in [0.1, 0.15) is 17.4 Å². The lowest BCUT2D eigenvalue weighted by Gasteiger charge is -2.13. The van der Waals surface area contributed by atoms with E-state index in [2.05, 4.69) is 5.32 Å². The smallest absolute Gasteiger partial charge is 0.418 e. The Morgan fingerprint density at radius 1 is 1.14 bits per heavy atom. The number of aliphatic carboxylic acids is 1. The van der Waals surface area contributed by atoms with Crippen LogP contribution in [-0.2, 0) is 15.8 Å². The second-order valence-corrected chi connectivity index (χ2v) is 5.42. The quantitative estimate of drug-likeness (QED) is 0.579. The molecule has 0 saturated heterocycles. The van der Waals surface area contributed by atoms with Crippen molar-refractivity contribution in [2.24, 2.45) is 0 Å². The van der Waals surface area contributed by atoms with Crippen molar-refractivity contribution in [3.8, 4) is 11.8 Å². The third kappa shape index (κ3) is 5.60. The van der Waals surface area contributed by atoms with Gasteiger partial charge in [-0.2, -0.15) is 18.4 Å². The monoisotopic (exact) mass is 390 g/mol. The molecule has 0 bridgehead atoms. The van der Waals surface area contributed by atoms with Crippen LogP contribution in [0.15, 0.2) is 54.1 Å². The molecule has 0 atom stereocenters. The number of benzene rings is 2. The van der Waals surface area contributed by atoms with Gasteiger partial charge in [0.15, 0.2) is 6.61 Å². The largest absolute Gasteiger partial charge is 0.482 e. The second-order valence-electron chi connectivity index (χ2n) is 5.42. The molecule has 9 heteroatoms. The molecular weight excluding hydrogens is 377 g/mol. The van der Waals surface area contributed by atoms with Gasteiger partial charge in [-0.25, -0.2) is 4.79 Å². The van der Waals surface area contributed by atoms with E-state index in [-0.39, 0.29) is 5.75 Å². The first-order valence-corrected chi connectivity index (χ1v) is 7.74. The maximum Gasteiger partial charge on any atom is 0.418 e. The fourth-order valence-electron chi connectivity index (χ4n) is 2.15. The Hall–Kier alpha value is -3.80. The van der Waals surface area contributed by atoms with E-state index >= 15 is 0 Å². The number of para-hydroxylation sites is 1. The summed E-state index contributed by atoms with van der Waals surface area (Å²) in [5, 5.41) is 19.8. The number of carboxylic acids is 1. The molecule has 0 aliphatic heterocycles. The number of carbonyl (C=O) groups excluding carboxylic acids is 1. The molecule has 0 spiro atoms. The lowest BCUT2D eigenvalue weighted by atomic mass is 10.1. The van der Waals surface area contributed by atoms with E-state index in [0.717, 1.165) is 12.1 Å². The van der Waals surface area contributed by atoms with Crippen molar-refractivity contribution in [3.05, 3.63) is 65.2 Å². The summed E-state index contributed by atoms with van der Waals surface area (Å²) in [6.07, 6.45) is -3.47. The first kappa shape index (κ1) is 20.5. The number of anilines is 1. The van der Waals surface area contributed by atoms with Crippen LogP contribution in [0.2, 0.25) is 0 Å². The van der Waals surface area contributed by atoms with Crippen LogP contribution >= 0.6 is 0 Å². The van der Waals surface area contributed by atoms with Crippen LogP contribution < -0.4 is 10.1 Å². The maximum atomic E-state index is 13.0. The molecule has 0 saturated carbocycles. The van der Waals surface area contributed by atoms with Gasteiger partial charge in [0.2, 0.25) is 0 Å². The number of halogens is 3. The standard InChI is InChI=1S/C19H13F3N2O4/c20-19(21,22)15-3-1-2-4-16(15)24-18(27)13(10-23)9-12-5-7-14(8-6-12)28-11-17(25)26/h1-9H,11H2,(H,24,27)(H,25,26). The van der Waals surface area contributed by atoms with Crippen LogP contribution in [0.3, 0.4) is 0 Å². The minimum atomic E-state index is -4.66. The number of nitrogens with zero attached hydrogens (tertiary/aromatic N) is 1. The average molecular weight is 390 g/mol. The van der Waals surface area contributed by atoms with E-state index in [1.165, 1.54) is 42.5 Å². The Kier molecular flexibility index (Phi) is 6.39. The molecule has 0 fully saturated rings. The molecule has 0 aromatic heterocycles. The highest BCUT2D eigenvalue weighted by molar-refractivity contribution is 6.10. The highest BCUT2D eigenvalue weighted by Crippen LogP contribution is 2.34. The normalized spacial score (nSPS) is 11.4. The van der Waals surface area contributed by atoms with Crippen molar-refractivity contribution >= 4 is 23.6 Å². The van der Waals surface area contributed by atoms with Gasteiger partial charge < -0.3 is 15.2 Å². The molecule has 2 aromatic carbocycles. The third-order valence-corrected chi connectivity index (χ3v) is 3.40. The number of rotatable bonds is 6. The lowest BCUT2D eigenvalue weighted by molar-refractivity contribution is -0.139. The number of nitrogens with one attached hydrogen (secondary N) is 1. The molecule has 0 unspecified atom stereocenters. The van der Waals surface area contributed by atoms with Crippen molar-refractivity contribution in [2.75, 3.05) is 11.9 Å². The average Bonchev–Trinajstić information content (AvgIpc) is 2.64. The molecule has 144 valence electrons. The first-order chi connectivity index (χ1) is 13.2. The Bertz CT molecular complexity index is 945. The van der Waals surface area contributed by atoms with E-state index < -0.39 is 41.5 Å². The predicted octanol–water partition coefficient (Wildman–Crippen LogP) is 3.71. The molecule has 0 aliphatic carbocycles. The summed E-state index contributed by atoms with van der Waals surface area (Å²) in [4.78, 5) is 22.7. The SMILES string of the molecule is N#CC(=Cc1ccc(OCC(=O)O)cc1)C(=O)Nc1ccccc1C(F)(F)F. The molecule has 2 rings (SSSR count). The van der Waals surface area contributed by atoms with Gasteiger partial charge in [0, 0.05) is 0 Å². The fraction of sp³-hybridized carbons (Fsp3) is 0.105. The maximum absolute atomic E-state index is 13.0. The molecule has 0 heterocycles. The lowest BCUT2D eigenvalue weighted by Crippen LogP contribution is -2.17. The van der Waals surface area contributed by atoms with Crippen molar-refractivity contribution < 1.29 is 32.6 Å². The van der Waals surface area contributed by atoms with Crippen molar-refractivity contribution in [3.63, 3.8) is 0 Å². The minimum Gasteiger partial charge on any atom is -0.482 e. The van der Waals surface area contributed by atoms with E-state index in [9.17, 15) is 28.0 Å². The van der Waals surface area contributed by atoms with Crippen LogP contribution in [0.25, 0.3) is 6.08 Å². The molecule has 0 radical (unpaired) electrons. The minimum absolute atomic E-state index is 0.265. The summed E-state index contributed by atoms with van der Waals surface area (Å²) in [6.45, 7) is -0.528. The predicted molar refractivity (Wildman–Crippen MR) is 93.2 cm³/mol. The highest BCUT2D eigenvalue weighted by Gasteiger charge is 2.33. The fourth-order valence-corrected chi connectivity index (χ4v) is 2.15. The number of hydrogen-bond donors (Lipinski definition) is 2. The summed E-state index contributed by atoms with van der Waals surface area (Å²) in [6, 6.07) is 11.9. The van der Waals surface area contributed by atoms with E-state index in [4.69, 9.17) is 9.84 Å². The summed E-state index contributed by atoms with van der Waals surface area (Å²) in [5.41, 5.74) is -1.49. The van der Waals surface area contributed by atoms with Crippen molar-refractivity contribution in [1.29, 1.82) is 5.26 Å². The Morgan fingerprint density at radius 3 is 2.36 bits per heavy atom. The Labute approximate surface area is 157 Å². The van der Waals surface area contributed by atoms with Crippen molar-refractivity contribution in [2.45, 2.75) is 6.18 Å². The van der Waals surface area contributed by atoms with Gasteiger partial charge in [0.05, 0.1) is 11.3 Å². The number of amides is 1. The zero-order valence-electron chi connectivity index (χ0n) is 14.2. The number of nitriles is 1. The molecule has 1 amide bonds. The van der Waals surface area contributed by atoms with Crippen LogP contribution in [0.5, 0.6) is 5.75 Å². The van der Waals surface area contributed by atoms with Crippen molar-refractivity contribution in [1.82, 2.24) is 0 Å². The molecule has 0 aliphatic rings. The van der Waals surface area contributed by atoms with Gasteiger partial charge in [-0.3, -0.25) is 4.79 Å². The van der Waals surface area contributed by atoms with Crippen LogP contribution in [-0.4, -0.2) is 23.6 Å². The first-order valence-electron chi connectivity index (χ1n) is 7.74. The van der Waals surface area contributed by atoms with Gasteiger partial charge in [-0.1, -0.05) is 24.3 Å². The molecule has 2 aromatic rings. The molecular formula is C19H13F3N2O4. The van der Waals surface area contributed by atoms with E-state index in [0.29, 0.717) is 5.56 Å². The van der Waals surface area contributed by atoms with Crippen LogP contribution in [0.4, 0.5) is 18.9 Å². The summed E-state index contributed by atoms with van der Waals surface area (Å²) < 4.78 is 44.0. The zero-order valence-corrected chi connectivity index (χ0v) is 14.2. The van der Waals surface area contributed by atoms with E-state index in [1.807, 2.05) is 0 Å². The second kappa shape index (κ2) is 8.73. The third-order valence-electron chi connectivity index (χ3n) is 3.40. The number of carbonyl (C=O) groups is 2. The van der Waals surface area contributed by atoms with Crippen LogP contribution in [0.1, 0.15) is 11.1 Å². The number of ether oxygens (including phenoxy) is 1. The Morgan fingerprint density at radius 2 is 1.79 bits per heavy atom. The highest BCUT2D eigenvalue weighted by atomic mass is 19.4.